The van der Waals surface area contributed by atoms with Crippen LogP contribution in [0.25, 0.3) is 65.3 Å². The first-order valence-electron chi connectivity index (χ1n) is 16.2. The number of rotatable bonds is 5. The van der Waals surface area contributed by atoms with E-state index in [1.165, 1.54) is 71.0 Å². The molecular weight excluding hydrogens is 567 g/mol. The maximum atomic E-state index is 2.39. The summed E-state index contributed by atoms with van der Waals surface area (Å²) in [6.07, 6.45) is 0. The zero-order valence-electron chi connectivity index (χ0n) is 25.8. The maximum absolute atomic E-state index is 2.39. The molecule has 9 rings (SSSR count). The van der Waals surface area contributed by atoms with Gasteiger partial charge < -0.3 is 4.90 Å². The Morgan fingerprint density at radius 2 is 0.851 bits per heavy atom. The summed E-state index contributed by atoms with van der Waals surface area (Å²) in [6, 6.07) is 68.3. The van der Waals surface area contributed by atoms with Crippen molar-refractivity contribution in [3.05, 3.63) is 188 Å². The Kier molecular flexibility index (Phi) is 6.54. The van der Waals surface area contributed by atoms with Crippen LogP contribution in [0.2, 0.25) is 0 Å². The molecule has 0 unspecified atom stereocenters. The zero-order chi connectivity index (χ0) is 31.2. The molecule has 0 bridgehead atoms. The first kappa shape index (κ1) is 27.2. The molecule has 0 radical (unpaired) electrons. The van der Waals surface area contributed by atoms with Crippen molar-refractivity contribution in [2.24, 2.45) is 0 Å². The number of benzene rings is 9. The van der Waals surface area contributed by atoms with E-state index in [1.54, 1.807) is 0 Å². The van der Waals surface area contributed by atoms with Crippen LogP contribution in [0.1, 0.15) is 0 Å². The second kappa shape index (κ2) is 11.3. The topological polar surface area (TPSA) is 3.24 Å². The molecule has 1 nitrogen and oxygen atoms in total. The Balaban J connectivity index is 1.17. The third-order valence-electron chi connectivity index (χ3n) is 9.40. The molecule has 0 heterocycles. The predicted octanol–water partition coefficient (Wildman–Crippen LogP) is 13.1. The lowest BCUT2D eigenvalue weighted by Crippen LogP contribution is -2.10. The molecule has 0 amide bonds. The first-order chi connectivity index (χ1) is 23.3. The highest BCUT2D eigenvalue weighted by molar-refractivity contribution is 6.15. The summed E-state index contributed by atoms with van der Waals surface area (Å²) in [5.41, 5.74) is 8.32. The summed E-state index contributed by atoms with van der Waals surface area (Å²) < 4.78 is 0. The Bertz CT molecular complexity index is 2560. The third-order valence-corrected chi connectivity index (χ3v) is 9.40. The largest absolute Gasteiger partial charge is 0.310 e. The standard InChI is InChI=1S/C46H31N/c1-2-15-40(16-3-1)47(45-19-9-14-36-23-21-33-11-6-7-17-43(33)46(36)45)41-28-26-35(27-29-41)42-18-8-13-34-22-25-39(31-44(34)42)38-24-20-32-10-4-5-12-37(32)30-38/h1-31H. The van der Waals surface area contributed by atoms with E-state index >= 15 is 0 Å². The van der Waals surface area contributed by atoms with Gasteiger partial charge in [-0.05, 0) is 102 Å². The van der Waals surface area contributed by atoms with Crippen LogP contribution in [0.3, 0.4) is 0 Å². The van der Waals surface area contributed by atoms with Crippen molar-refractivity contribution in [3.8, 4) is 22.3 Å². The van der Waals surface area contributed by atoms with Crippen LogP contribution >= 0.6 is 0 Å². The van der Waals surface area contributed by atoms with Gasteiger partial charge in [0.2, 0.25) is 0 Å². The van der Waals surface area contributed by atoms with Crippen molar-refractivity contribution in [1.82, 2.24) is 0 Å². The Labute approximate surface area is 274 Å². The molecule has 0 aliphatic rings. The first-order valence-corrected chi connectivity index (χ1v) is 16.2. The molecule has 220 valence electrons. The highest BCUT2D eigenvalue weighted by Gasteiger charge is 2.17. The van der Waals surface area contributed by atoms with E-state index in [2.05, 4.69) is 193 Å². The van der Waals surface area contributed by atoms with E-state index < -0.39 is 0 Å². The molecule has 0 aliphatic carbocycles. The van der Waals surface area contributed by atoms with E-state index in [9.17, 15) is 0 Å². The molecule has 0 saturated heterocycles. The second-order valence-corrected chi connectivity index (χ2v) is 12.2. The highest BCUT2D eigenvalue weighted by Crippen LogP contribution is 2.42. The molecule has 0 fully saturated rings. The van der Waals surface area contributed by atoms with E-state index in [0.29, 0.717) is 0 Å². The summed E-state index contributed by atoms with van der Waals surface area (Å²) in [4.78, 5) is 2.39. The number of nitrogens with zero attached hydrogens (tertiary/aromatic N) is 1. The van der Waals surface area contributed by atoms with Crippen molar-refractivity contribution in [2.45, 2.75) is 0 Å². The molecule has 0 atom stereocenters. The summed E-state index contributed by atoms with van der Waals surface area (Å²) in [5.74, 6) is 0. The van der Waals surface area contributed by atoms with Gasteiger partial charge in [0.15, 0.2) is 0 Å². The molecule has 0 spiro atoms. The lowest BCUT2D eigenvalue weighted by atomic mass is 9.94. The van der Waals surface area contributed by atoms with Crippen molar-refractivity contribution in [3.63, 3.8) is 0 Å². The van der Waals surface area contributed by atoms with Crippen LogP contribution in [0.4, 0.5) is 17.1 Å². The molecule has 9 aromatic carbocycles. The van der Waals surface area contributed by atoms with E-state index in [4.69, 9.17) is 0 Å². The van der Waals surface area contributed by atoms with Gasteiger partial charge in [0.05, 0.1) is 5.69 Å². The smallest absolute Gasteiger partial charge is 0.0546 e. The van der Waals surface area contributed by atoms with E-state index in [0.717, 1.165) is 11.4 Å². The summed E-state index contributed by atoms with van der Waals surface area (Å²) in [5, 5.41) is 10.0. The average molecular weight is 598 g/mol. The quantitative estimate of drug-likeness (QED) is 0.178. The van der Waals surface area contributed by atoms with Crippen LogP contribution in [-0.2, 0) is 0 Å². The van der Waals surface area contributed by atoms with Crippen LogP contribution < -0.4 is 4.90 Å². The minimum atomic E-state index is 1.12. The van der Waals surface area contributed by atoms with Crippen LogP contribution in [0, 0.1) is 0 Å². The molecule has 1 heteroatoms. The molecule has 47 heavy (non-hydrogen) atoms. The van der Waals surface area contributed by atoms with Gasteiger partial charge in [-0.2, -0.15) is 0 Å². The van der Waals surface area contributed by atoms with Crippen molar-refractivity contribution in [2.75, 3.05) is 4.90 Å². The monoisotopic (exact) mass is 597 g/mol. The third kappa shape index (κ3) is 4.81. The number of fused-ring (bicyclic) bond motifs is 5. The minimum absolute atomic E-state index is 1.12. The summed E-state index contributed by atoms with van der Waals surface area (Å²) in [6.45, 7) is 0. The van der Waals surface area contributed by atoms with Crippen molar-refractivity contribution < 1.29 is 0 Å². The highest BCUT2D eigenvalue weighted by atomic mass is 15.1. The molecule has 0 aromatic heterocycles. The summed E-state index contributed by atoms with van der Waals surface area (Å²) >= 11 is 0. The molecular formula is C46H31N. The van der Waals surface area contributed by atoms with Crippen LogP contribution in [0.15, 0.2) is 188 Å². The lowest BCUT2D eigenvalue weighted by Gasteiger charge is -2.27. The van der Waals surface area contributed by atoms with Crippen molar-refractivity contribution >= 4 is 60.2 Å². The van der Waals surface area contributed by atoms with Gasteiger partial charge in [0, 0.05) is 16.8 Å². The lowest BCUT2D eigenvalue weighted by molar-refractivity contribution is 1.30. The molecule has 0 N–H and O–H groups in total. The van der Waals surface area contributed by atoms with Gasteiger partial charge in [-0.1, -0.05) is 146 Å². The van der Waals surface area contributed by atoms with Gasteiger partial charge in [-0.3, -0.25) is 0 Å². The second-order valence-electron chi connectivity index (χ2n) is 12.2. The molecule has 0 saturated carbocycles. The fourth-order valence-corrected chi connectivity index (χ4v) is 7.09. The average Bonchev–Trinajstić information content (AvgIpc) is 3.15. The Morgan fingerprint density at radius 1 is 0.298 bits per heavy atom. The zero-order valence-corrected chi connectivity index (χ0v) is 25.8. The fourth-order valence-electron chi connectivity index (χ4n) is 7.09. The maximum Gasteiger partial charge on any atom is 0.0546 e. The van der Waals surface area contributed by atoms with Gasteiger partial charge in [0.25, 0.3) is 0 Å². The van der Waals surface area contributed by atoms with Crippen molar-refractivity contribution in [1.29, 1.82) is 0 Å². The predicted molar refractivity (Wildman–Crippen MR) is 202 cm³/mol. The van der Waals surface area contributed by atoms with Gasteiger partial charge >= 0.3 is 0 Å². The number of anilines is 3. The van der Waals surface area contributed by atoms with Gasteiger partial charge in [0.1, 0.15) is 0 Å². The summed E-state index contributed by atoms with van der Waals surface area (Å²) in [7, 11) is 0. The molecule has 9 aromatic rings. The molecule has 0 aliphatic heterocycles. The van der Waals surface area contributed by atoms with Gasteiger partial charge in [-0.25, -0.2) is 0 Å². The van der Waals surface area contributed by atoms with Crippen LogP contribution in [-0.4, -0.2) is 0 Å². The Hall–Kier alpha value is -6.18. The van der Waals surface area contributed by atoms with E-state index in [-0.39, 0.29) is 0 Å². The van der Waals surface area contributed by atoms with Crippen LogP contribution in [0.5, 0.6) is 0 Å². The Morgan fingerprint density at radius 3 is 1.70 bits per heavy atom. The number of hydrogen-bond acceptors (Lipinski definition) is 1. The fraction of sp³-hybridized carbons (Fsp3) is 0. The normalized spacial score (nSPS) is 11.4. The number of para-hydroxylation sites is 1. The van der Waals surface area contributed by atoms with E-state index in [1.807, 2.05) is 0 Å². The SMILES string of the molecule is c1ccc(N(c2ccc(-c3cccc4ccc(-c5ccc6ccccc6c5)cc34)cc2)c2cccc3ccc4ccccc4c23)cc1. The number of hydrogen-bond donors (Lipinski definition) is 0. The van der Waals surface area contributed by atoms with Gasteiger partial charge in [-0.15, -0.1) is 0 Å². The minimum Gasteiger partial charge on any atom is -0.310 e.